The summed E-state index contributed by atoms with van der Waals surface area (Å²) in [4.78, 5) is 24.6. The fraction of sp³-hybridized carbons (Fsp3) is 0.955. The van der Waals surface area contributed by atoms with Crippen molar-refractivity contribution in [1.82, 2.24) is 0 Å². The molecule has 0 aliphatic carbocycles. The van der Waals surface area contributed by atoms with Crippen LogP contribution in [0.5, 0.6) is 0 Å². The van der Waals surface area contributed by atoms with Gasteiger partial charge in [-0.05, 0) is 12.8 Å². The van der Waals surface area contributed by atoms with Crippen molar-refractivity contribution in [2.24, 2.45) is 0 Å². The second-order valence-corrected chi connectivity index (χ2v) is 17.2. The molecule has 0 spiro atoms. The standard InChI is InChI=1S/C44H86O7S.Li.H/c1-3-5-7-9-11-13-15-17-19-21-23-25-27-29-31-33-35-37-39-50-43(45)41-42(52(47,48)49)44(46)51-40-38-36-34-32-30-28-26-24-22-20-18-16-14-12-10-8-6-4-2;;/h42H,3-41H2,1-2H3,(H,47,48,49);;. The Morgan fingerprint density at radius 1 is 0.415 bits per heavy atom. The first-order chi connectivity index (χ1) is 25.3. The Kier molecular flexibility index (Phi) is 43.8. The number of hydrogen-bond acceptors (Lipinski definition) is 6. The van der Waals surface area contributed by atoms with Gasteiger partial charge in [-0.3, -0.25) is 14.1 Å². The number of hydrogen-bond donors (Lipinski definition) is 1. The van der Waals surface area contributed by atoms with E-state index in [1.165, 1.54) is 186 Å². The Balaban J connectivity index is 0. The minimum atomic E-state index is -4.77. The Labute approximate surface area is 341 Å². The SMILES string of the molecule is CCCCCCCCCCCCCCCCCCCCOC(=O)CC(C(=O)OCCCCCCCCCCCCCCCCCCCC)S(=O)(=O)O.[LiH]. The average molecular weight is 767 g/mol. The van der Waals surface area contributed by atoms with Crippen molar-refractivity contribution in [3.05, 3.63) is 0 Å². The van der Waals surface area contributed by atoms with Crippen LogP contribution in [-0.2, 0) is 29.2 Å². The molecule has 0 aromatic rings. The van der Waals surface area contributed by atoms with Gasteiger partial charge in [0.1, 0.15) is 0 Å². The molecule has 1 atom stereocenters. The number of esters is 2. The first-order valence-corrected chi connectivity index (χ1v) is 24.1. The topological polar surface area (TPSA) is 107 Å². The molecule has 0 aromatic heterocycles. The molecule has 0 fully saturated rings. The van der Waals surface area contributed by atoms with Crippen LogP contribution in [0.2, 0.25) is 0 Å². The average Bonchev–Trinajstić information content (AvgIpc) is 3.12. The second-order valence-electron chi connectivity index (χ2n) is 15.6. The van der Waals surface area contributed by atoms with Crippen LogP contribution < -0.4 is 0 Å². The van der Waals surface area contributed by atoms with E-state index in [4.69, 9.17) is 9.47 Å². The van der Waals surface area contributed by atoms with Gasteiger partial charge in [-0.2, -0.15) is 8.42 Å². The molecule has 0 rings (SSSR count). The molecule has 0 heterocycles. The Morgan fingerprint density at radius 3 is 0.887 bits per heavy atom. The second kappa shape index (κ2) is 42.6. The summed E-state index contributed by atoms with van der Waals surface area (Å²) in [7, 11) is -4.77. The van der Waals surface area contributed by atoms with Crippen molar-refractivity contribution in [1.29, 1.82) is 0 Å². The molecule has 312 valence electrons. The van der Waals surface area contributed by atoms with E-state index >= 15 is 0 Å². The Bertz CT molecular complexity index is 883. The summed E-state index contributed by atoms with van der Waals surface area (Å²) in [6.07, 6.45) is 44.8. The van der Waals surface area contributed by atoms with Gasteiger partial charge in [0.2, 0.25) is 0 Å². The van der Waals surface area contributed by atoms with Gasteiger partial charge in [-0.25, -0.2) is 0 Å². The number of carbonyl (C=O) groups excluding carboxylic acids is 2. The number of rotatable bonds is 42. The van der Waals surface area contributed by atoms with Crippen LogP contribution in [0.25, 0.3) is 0 Å². The van der Waals surface area contributed by atoms with E-state index in [1.807, 2.05) is 0 Å². The van der Waals surface area contributed by atoms with Gasteiger partial charge >= 0.3 is 30.8 Å². The molecule has 0 aliphatic heterocycles. The zero-order valence-electron chi connectivity index (χ0n) is 34.5. The molecule has 1 N–H and O–H groups in total. The molecule has 0 aromatic carbocycles. The third-order valence-corrected chi connectivity index (χ3v) is 11.6. The van der Waals surface area contributed by atoms with Crippen LogP contribution in [0, 0.1) is 0 Å². The monoisotopic (exact) mass is 767 g/mol. The van der Waals surface area contributed by atoms with E-state index in [1.54, 1.807) is 0 Å². The van der Waals surface area contributed by atoms with Gasteiger partial charge in [0, 0.05) is 0 Å². The third kappa shape index (κ3) is 40.9. The Morgan fingerprint density at radius 2 is 0.642 bits per heavy atom. The fourth-order valence-electron chi connectivity index (χ4n) is 6.98. The molecule has 0 amide bonds. The van der Waals surface area contributed by atoms with Gasteiger partial charge in [-0.1, -0.05) is 232 Å². The molecule has 53 heavy (non-hydrogen) atoms. The maximum atomic E-state index is 12.4. The Hall–Kier alpha value is -0.553. The quantitative estimate of drug-likeness (QED) is 0.0285. The van der Waals surface area contributed by atoms with Gasteiger partial charge in [-0.15, -0.1) is 0 Å². The van der Waals surface area contributed by atoms with E-state index in [9.17, 15) is 22.6 Å². The van der Waals surface area contributed by atoms with E-state index in [2.05, 4.69) is 13.8 Å². The van der Waals surface area contributed by atoms with Crippen LogP contribution >= 0.6 is 0 Å². The van der Waals surface area contributed by atoms with Crippen molar-refractivity contribution in [2.75, 3.05) is 13.2 Å². The van der Waals surface area contributed by atoms with Gasteiger partial charge in [0.25, 0.3) is 10.1 Å². The van der Waals surface area contributed by atoms with Crippen molar-refractivity contribution >= 4 is 40.9 Å². The molecule has 9 heteroatoms. The predicted octanol–water partition coefficient (Wildman–Crippen LogP) is 13.2. The zero-order chi connectivity index (χ0) is 38.2. The molecule has 0 saturated heterocycles. The number of carbonyl (C=O) groups is 2. The van der Waals surface area contributed by atoms with Crippen LogP contribution in [0.15, 0.2) is 0 Å². The summed E-state index contributed by atoms with van der Waals surface area (Å²) < 4.78 is 43.5. The summed E-state index contributed by atoms with van der Waals surface area (Å²) in [5.74, 6) is -1.89. The van der Waals surface area contributed by atoms with Crippen molar-refractivity contribution in [3.63, 3.8) is 0 Å². The number of unbranched alkanes of at least 4 members (excludes halogenated alkanes) is 34. The van der Waals surface area contributed by atoms with Crippen LogP contribution in [-0.4, -0.2) is 62.2 Å². The summed E-state index contributed by atoms with van der Waals surface area (Å²) in [6, 6.07) is 0. The zero-order valence-corrected chi connectivity index (χ0v) is 35.3. The summed E-state index contributed by atoms with van der Waals surface area (Å²) >= 11 is 0. The van der Waals surface area contributed by atoms with Crippen LogP contribution in [0.1, 0.15) is 251 Å². The van der Waals surface area contributed by atoms with Crippen molar-refractivity contribution in [3.8, 4) is 0 Å². The van der Waals surface area contributed by atoms with Crippen molar-refractivity contribution in [2.45, 2.75) is 257 Å². The molecule has 0 aliphatic rings. The summed E-state index contributed by atoms with van der Waals surface area (Å²) in [6.45, 7) is 4.80. The molecule has 0 bridgehead atoms. The van der Waals surface area contributed by atoms with Gasteiger partial charge in [0.15, 0.2) is 5.25 Å². The van der Waals surface area contributed by atoms with Gasteiger partial charge < -0.3 is 9.47 Å². The van der Waals surface area contributed by atoms with E-state index in [-0.39, 0.29) is 32.1 Å². The number of ether oxygens (including phenoxy) is 2. The van der Waals surface area contributed by atoms with Crippen molar-refractivity contribution < 1.29 is 32.0 Å². The third-order valence-electron chi connectivity index (χ3n) is 10.5. The molecule has 0 saturated carbocycles. The van der Waals surface area contributed by atoms with E-state index < -0.39 is 33.7 Å². The molecular weight excluding hydrogens is 679 g/mol. The summed E-state index contributed by atoms with van der Waals surface area (Å²) in [5, 5.41) is -1.93. The molecule has 1 unspecified atom stereocenters. The first-order valence-electron chi connectivity index (χ1n) is 22.6. The maximum absolute atomic E-state index is 12.4. The molecule has 0 radical (unpaired) electrons. The molecular formula is C44H87LiO7S. The normalized spacial score (nSPS) is 12.1. The summed E-state index contributed by atoms with van der Waals surface area (Å²) in [5.41, 5.74) is 0. The fourth-order valence-corrected chi connectivity index (χ4v) is 7.64. The first kappa shape index (κ1) is 54.5. The predicted molar refractivity (Wildman–Crippen MR) is 227 cm³/mol. The van der Waals surface area contributed by atoms with E-state index in [0.717, 1.165) is 32.1 Å². The molecule has 7 nitrogen and oxygen atoms in total. The van der Waals surface area contributed by atoms with Crippen LogP contribution in [0.4, 0.5) is 0 Å². The van der Waals surface area contributed by atoms with Gasteiger partial charge in [0.05, 0.1) is 19.6 Å². The van der Waals surface area contributed by atoms with Crippen LogP contribution in [0.3, 0.4) is 0 Å². The van der Waals surface area contributed by atoms with E-state index in [0.29, 0.717) is 12.8 Å². The minimum absolute atomic E-state index is 0.